The van der Waals surface area contributed by atoms with E-state index < -0.39 is 0 Å². The molecule has 84 valence electrons. The molecule has 0 saturated carbocycles. The van der Waals surface area contributed by atoms with Gasteiger partial charge in [-0.25, -0.2) is 9.37 Å². The molecular formula is C11H13FN4. The first kappa shape index (κ1) is 10.6. The second kappa shape index (κ2) is 3.92. The summed E-state index contributed by atoms with van der Waals surface area (Å²) in [5, 5.41) is 0. The molecule has 0 radical (unpaired) electrons. The number of imidazole rings is 1. The van der Waals surface area contributed by atoms with Crippen LogP contribution in [0.15, 0.2) is 18.5 Å². The van der Waals surface area contributed by atoms with Crippen molar-refractivity contribution in [1.82, 2.24) is 14.5 Å². The van der Waals surface area contributed by atoms with Gasteiger partial charge in [0.05, 0.1) is 6.20 Å². The van der Waals surface area contributed by atoms with Crippen LogP contribution >= 0.6 is 0 Å². The first-order valence-corrected chi connectivity index (χ1v) is 5.07. The van der Waals surface area contributed by atoms with Crippen molar-refractivity contribution in [1.29, 1.82) is 0 Å². The monoisotopic (exact) mass is 220 g/mol. The molecule has 2 N–H and O–H groups in total. The third-order valence-corrected chi connectivity index (χ3v) is 2.49. The number of nitrogens with zero attached hydrogens (tertiary/aromatic N) is 3. The molecule has 2 heterocycles. The predicted octanol–water partition coefficient (Wildman–Crippen LogP) is 1.99. The largest absolute Gasteiger partial charge is 0.383 e. The van der Waals surface area contributed by atoms with E-state index in [4.69, 9.17) is 5.73 Å². The first-order chi connectivity index (χ1) is 7.63. The normalized spacial score (nSPS) is 10.7. The fourth-order valence-corrected chi connectivity index (χ4v) is 1.73. The van der Waals surface area contributed by atoms with E-state index in [1.54, 1.807) is 6.20 Å². The van der Waals surface area contributed by atoms with Gasteiger partial charge in [-0.3, -0.25) is 4.98 Å². The molecule has 4 nitrogen and oxygen atoms in total. The van der Waals surface area contributed by atoms with Gasteiger partial charge in [-0.15, -0.1) is 0 Å². The molecule has 0 spiro atoms. The van der Waals surface area contributed by atoms with Crippen molar-refractivity contribution in [2.45, 2.75) is 20.4 Å². The number of rotatable bonds is 2. The lowest BCUT2D eigenvalue weighted by molar-refractivity contribution is 0.622. The van der Waals surface area contributed by atoms with Gasteiger partial charge in [0.1, 0.15) is 23.2 Å². The summed E-state index contributed by atoms with van der Waals surface area (Å²) < 4.78 is 14.9. The van der Waals surface area contributed by atoms with Crippen molar-refractivity contribution in [3.63, 3.8) is 0 Å². The third kappa shape index (κ3) is 1.64. The van der Waals surface area contributed by atoms with E-state index in [1.165, 1.54) is 6.07 Å². The van der Waals surface area contributed by atoms with Crippen molar-refractivity contribution in [2.24, 2.45) is 0 Å². The summed E-state index contributed by atoms with van der Waals surface area (Å²) in [6.07, 6.45) is 2.71. The molecular weight excluding hydrogens is 207 g/mol. The van der Waals surface area contributed by atoms with Crippen LogP contribution in [0.4, 0.5) is 10.2 Å². The number of aryl methyl sites for hydroxylation is 1. The first-order valence-electron chi connectivity index (χ1n) is 5.07. The van der Waals surface area contributed by atoms with Gasteiger partial charge in [0.15, 0.2) is 0 Å². The SMILES string of the molecule is CCn1c(C)nc(-c2cncc(F)c2)c1N. The molecule has 16 heavy (non-hydrogen) atoms. The third-order valence-electron chi connectivity index (χ3n) is 2.49. The Labute approximate surface area is 92.9 Å². The Morgan fingerprint density at radius 2 is 2.19 bits per heavy atom. The van der Waals surface area contributed by atoms with Crippen LogP contribution in [0, 0.1) is 12.7 Å². The molecule has 0 amide bonds. The highest BCUT2D eigenvalue weighted by molar-refractivity contribution is 5.70. The Morgan fingerprint density at radius 3 is 2.75 bits per heavy atom. The van der Waals surface area contributed by atoms with Gasteiger partial charge in [-0.1, -0.05) is 0 Å². The summed E-state index contributed by atoms with van der Waals surface area (Å²) in [6, 6.07) is 1.38. The van der Waals surface area contributed by atoms with E-state index in [2.05, 4.69) is 9.97 Å². The molecule has 0 unspecified atom stereocenters. The topological polar surface area (TPSA) is 56.7 Å². The highest BCUT2D eigenvalue weighted by atomic mass is 19.1. The number of hydrogen-bond acceptors (Lipinski definition) is 3. The maximum Gasteiger partial charge on any atom is 0.142 e. The van der Waals surface area contributed by atoms with Crippen LogP contribution in [0.5, 0.6) is 0 Å². The van der Waals surface area contributed by atoms with E-state index >= 15 is 0 Å². The highest BCUT2D eigenvalue weighted by Crippen LogP contribution is 2.25. The Morgan fingerprint density at radius 1 is 1.44 bits per heavy atom. The number of halogens is 1. The molecule has 0 aliphatic heterocycles. The zero-order valence-electron chi connectivity index (χ0n) is 9.24. The zero-order chi connectivity index (χ0) is 11.7. The molecule has 2 rings (SSSR count). The number of nitrogens with two attached hydrogens (primary N) is 1. The lowest BCUT2D eigenvalue weighted by atomic mass is 10.2. The summed E-state index contributed by atoms with van der Waals surface area (Å²) in [5.41, 5.74) is 7.14. The molecule has 0 aliphatic rings. The lowest BCUT2D eigenvalue weighted by Gasteiger charge is -2.03. The summed E-state index contributed by atoms with van der Waals surface area (Å²) >= 11 is 0. The molecule has 0 fully saturated rings. The Kier molecular flexibility index (Phi) is 2.60. The van der Waals surface area contributed by atoms with Gasteiger partial charge in [0.25, 0.3) is 0 Å². The van der Waals surface area contributed by atoms with Gasteiger partial charge in [-0.05, 0) is 19.9 Å². The molecule has 5 heteroatoms. The number of pyridine rings is 1. The van der Waals surface area contributed by atoms with Gasteiger partial charge in [0, 0.05) is 18.3 Å². The van der Waals surface area contributed by atoms with Crippen LogP contribution in [-0.4, -0.2) is 14.5 Å². The number of aromatic nitrogens is 3. The van der Waals surface area contributed by atoms with E-state index in [-0.39, 0.29) is 5.82 Å². The standard InChI is InChI=1S/C11H13FN4/c1-3-16-7(2)15-10(11(16)13)8-4-9(12)6-14-5-8/h4-6H,3,13H2,1-2H3. The van der Waals surface area contributed by atoms with Gasteiger partial charge >= 0.3 is 0 Å². The van der Waals surface area contributed by atoms with Crippen molar-refractivity contribution in [3.05, 3.63) is 30.1 Å². The van der Waals surface area contributed by atoms with Crippen LogP contribution in [0.1, 0.15) is 12.7 Å². The van der Waals surface area contributed by atoms with Crippen molar-refractivity contribution < 1.29 is 4.39 Å². The van der Waals surface area contributed by atoms with E-state index in [0.717, 1.165) is 18.6 Å². The second-order valence-electron chi connectivity index (χ2n) is 3.53. The van der Waals surface area contributed by atoms with Crippen LogP contribution in [0.3, 0.4) is 0 Å². The Hall–Kier alpha value is -1.91. The van der Waals surface area contributed by atoms with Crippen LogP contribution < -0.4 is 5.73 Å². The molecule has 2 aromatic rings. The van der Waals surface area contributed by atoms with Crippen molar-refractivity contribution >= 4 is 5.82 Å². The second-order valence-corrected chi connectivity index (χ2v) is 3.53. The van der Waals surface area contributed by atoms with E-state index in [1.807, 2.05) is 18.4 Å². The number of anilines is 1. The van der Waals surface area contributed by atoms with E-state index in [9.17, 15) is 4.39 Å². The van der Waals surface area contributed by atoms with Crippen molar-refractivity contribution in [3.8, 4) is 11.3 Å². The van der Waals surface area contributed by atoms with Gasteiger partial charge in [0.2, 0.25) is 0 Å². The quantitative estimate of drug-likeness (QED) is 0.842. The smallest absolute Gasteiger partial charge is 0.142 e. The fourth-order valence-electron chi connectivity index (χ4n) is 1.73. The predicted molar refractivity (Wildman–Crippen MR) is 60.2 cm³/mol. The average molecular weight is 220 g/mol. The molecule has 2 aromatic heterocycles. The minimum atomic E-state index is -0.388. The van der Waals surface area contributed by atoms with Gasteiger partial charge in [-0.2, -0.15) is 0 Å². The summed E-state index contributed by atoms with van der Waals surface area (Å²) in [5.74, 6) is 0.979. The zero-order valence-corrected chi connectivity index (χ0v) is 9.24. The number of hydrogen-bond donors (Lipinski definition) is 1. The average Bonchev–Trinajstić information content (AvgIpc) is 2.54. The van der Waals surface area contributed by atoms with Crippen LogP contribution in [0.25, 0.3) is 11.3 Å². The highest BCUT2D eigenvalue weighted by Gasteiger charge is 2.13. The molecule has 0 bridgehead atoms. The summed E-state index contributed by atoms with van der Waals surface area (Å²) in [4.78, 5) is 8.11. The number of nitrogen functional groups attached to an aromatic ring is 1. The van der Waals surface area contributed by atoms with Crippen LogP contribution in [-0.2, 0) is 6.54 Å². The Balaban J connectivity index is 2.56. The maximum atomic E-state index is 13.0. The summed E-state index contributed by atoms with van der Waals surface area (Å²) in [7, 11) is 0. The fraction of sp³-hybridized carbons (Fsp3) is 0.273. The summed E-state index contributed by atoms with van der Waals surface area (Å²) in [6.45, 7) is 4.60. The van der Waals surface area contributed by atoms with Crippen molar-refractivity contribution in [2.75, 3.05) is 5.73 Å². The minimum absolute atomic E-state index is 0.388. The molecule has 0 saturated heterocycles. The van der Waals surface area contributed by atoms with Crippen LogP contribution in [0.2, 0.25) is 0 Å². The lowest BCUT2D eigenvalue weighted by Crippen LogP contribution is -2.02. The van der Waals surface area contributed by atoms with Gasteiger partial charge < -0.3 is 10.3 Å². The Bertz CT molecular complexity index is 519. The molecule has 0 aliphatic carbocycles. The maximum absolute atomic E-state index is 13.0. The molecule has 0 atom stereocenters. The van der Waals surface area contributed by atoms with E-state index in [0.29, 0.717) is 17.1 Å². The molecule has 0 aromatic carbocycles. The minimum Gasteiger partial charge on any atom is -0.383 e.